The fraction of sp³-hybridized carbons (Fsp3) is 0.333. The molecule has 0 saturated heterocycles. The number of nitro benzene ring substituents is 1. The number of nitrogens with zero attached hydrogens (tertiary/aromatic N) is 6. The number of hydrogen-bond acceptors (Lipinski definition) is 9. The first-order chi connectivity index (χ1) is 17.9. The van der Waals surface area contributed by atoms with Gasteiger partial charge in [0.25, 0.3) is 5.69 Å². The van der Waals surface area contributed by atoms with Crippen molar-refractivity contribution in [2.24, 2.45) is 20.5 Å². The number of hydrogen-bond donors (Lipinski definition) is 1. The average molecular weight is 505 g/mol. The first-order valence-electron chi connectivity index (χ1n) is 12.1. The Morgan fingerprint density at radius 3 is 2.27 bits per heavy atom. The summed E-state index contributed by atoms with van der Waals surface area (Å²) in [5.41, 5.74) is 4.34. The van der Waals surface area contributed by atoms with Crippen LogP contribution >= 0.6 is 0 Å². The Hall–Kier alpha value is -4.18. The third-order valence-electron chi connectivity index (χ3n) is 5.73. The summed E-state index contributed by atoms with van der Waals surface area (Å²) >= 11 is 0. The van der Waals surface area contributed by atoms with Crippen LogP contribution in [0.4, 0.5) is 34.1 Å². The lowest BCUT2D eigenvalue weighted by Crippen LogP contribution is -2.27. The molecule has 0 unspecified atom stereocenters. The number of nitro groups is 1. The van der Waals surface area contributed by atoms with Gasteiger partial charge in [-0.25, -0.2) is 0 Å². The van der Waals surface area contributed by atoms with Gasteiger partial charge in [-0.2, -0.15) is 5.11 Å². The van der Waals surface area contributed by atoms with Gasteiger partial charge in [0, 0.05) is 30.9 Å². The summed E-state index contributed by atoms with van der Waals surface area (Å²) in [4.78, 5) is 13.0. The van der Waals surface area contributed by atoms with E-state index in [1.807, 2.05) is 31.2 Å². The molecule has 194 valence electrons. The Morgan fingerprint density at radius 2 is 1.62 bits per heavy atom. The van der Waals surface area contributed by atoms with Crippen molar-refractivity contribution in [3.8, 4) is 5.75 Å². The topological polar surface area (TPSA) is 125 Å². The van der Waals surface area contributed by atoms with Gasteiger partial charge in [0.1, 0.15) is 11.4 Å². The molecule has 10 heteroatoms. The lowest BCUT2D eigenvalue weighted by atomic mass is 10.1. The normalized spacial score (nSPS) is 11.4. The lowest BCUT2D eigenvalue weighted by molar-refractivity contribution is -0.384. The van der Waals surface area contributed by atoms with Crippen molar-refractivity contribution in [3.05, 3.63) is 75.8 Å². The van der Waals surface area contributed by atoms with Crippen molar-refractivity contribution in [1.29, 1.82) is 0 Å². The minimum atomic E-state index is -0.472. The monoisotopic (exact) mass is 504 g/mol. The number of aliphatic hydroxyl groups is 1. The standard InChI is InChI=1S/C27H32N6O4/c1-5-6-13-32(14-15-34)22-10-8-21(9-11-22)28-31-25-17-20(3)24(18-27(25)37-4)30-29-23-12-7-19(2)16-26(23)33(35)36/h7-12,16-18,34H,5-6,13-15H2,1-4H3. The van der Waals surface area contributed by atoms with Gasteiger partial charge in [0.2, 0.25) is 0 Å². The summed E-state index contributed by atoms with van der Waals surface area (Å²) in [7, 11) is 1.52. The highest BCUT2D eigenvalue weighted by molar-refractivity contribution is 5.64. The molecule has 0 aliphatic heterocycles. The zero-order valence-electron chi connectivity index (χ0n) is 21.6. The van der Waals surface area contributed by atoms with E-state index in [0.29, 0.717) is 29.4 Å². The average Bonchev–Trinajstić information content (AvgIpc) is 2.90. The molecule has 1 N–H and O–H groups in total. The molecule has 37 heavy (non-hydrogen) atoms. The number of aliphatic hydroxyl groups excluding tert-OH is 1. The Morgan fingerprint density at radius 1 is 0.919 bits per heavy atom. The summed E-state index contributed by atoms with van der Waals surface area (Å²) < 4.78 is 5.48. The van der Waals surface area contributed by atoms with Crippen molar-refractivity contribution in [2.75, 3.05) is 31.7 Å². The molecule has 0 aliphatic rings. The summed E-state index contributed by atoms with van der Waals surface area (Å²) in [6, 6.07) is 15.9. The zero-order valence-corrected chi connectivity index (χ0v) is 21.6. The van der Waals surface area contributed by atoms with Crippen LogP contribution in [0.5, 0.6) is 5.75 Å². The quantitative estimate of drug-likeness (QED) is 0.154. The number of aryl methyl sites for hydroxylation is 2. The second-order valence-electron chi connectivity index (χ2n) is 8.54. The number of benzene rings is 3. The third-order valence-corrected chi connectivity index (χ3v) is 5.73. The van der Waals surface area contributed by atoms with Gasteiger partial charge in [-0.1, -0.05) is 19.4 Å². The summed E-state index contributed by atoms with van der Waals surface area (Å²) in [5.74, 6) is 0.451. The van der Waals surface area contributed by atoms with Crippen molar-refractivity contribution in [3.63, 3.8) is 0 Å². The molecule has 0 spiro atoms. The van der Waals surface area contributed by atoms with E-state index >= 15 is 0 Å². The van der Waals surface area contributed by atoms with Gasteiger partial charge in [-0.15, -0.1) is 15.3 Å². The van der Waals surface area contributed by atoms with Crippen LogP contribution < -0.4 is 9.64 Å². The van der Waals surface area contributed by atoms with Crippen LogP contribution in [0, 0.1) is 24.0 Å². The Kier molecular flexibility index (Phi) is 9.79. The fourth-order valence-corrected chi connectivity index (χ4v) is 3.66. The SMILES string of the molecule is CCCCN(CCO)c1ccc(N=Nc2cc(C)c(N=Nc3ccc(C)cc3[N+](=O)[O-])cc2OC)cc1. The molecule has 3 aromatic carbocycles. The van der Waals surface area contributed by atoms with Crippen molar-refractivity contribution in [1.82, 2.24) is 0 Å². The minimum absolute atomic E-state index is 0.0990. The predicted molar refractivity (Wildman–Crippen MR) is 145 cm³/mol. The Bertz CT molecular complexity index is 1270. The minimum Gasteiger partial charge on any atom is -0.494 e. The van der Waals surface area contributed by atoms with E-state index in [-0.39, 0.29) is 18.0 Å². The Labute approximate surface area is 216 Å². The smallest absolute Gasteiger partial charge is 0.296 e. The Balaban J connectivity index is 1.81. The number of azo groups is 2. The maximum atomic E-state index is 11.4. The van der Waals surface area contributed by atoms with Gasteiger partial charge >= 0.3 is 0 Å². The highest BCUT2D eigenvalue weighted by Crippen LogP contribution is 2.37. The molecule has 0 fully saturated rings. The van der Waals surface area contributed by atoms with Crippen LogP contribution in [0.3, 0.4) is 0 Å². The fourth-order valence-electron chi connectivity index (χ4n) is 3.66. The molecule has 0 radical (unpaired) electrons. The molecular formula is C27H32N6O4. The van der Waals surface area contributed by atoms with Gasteiger partial charge in [-0.05, 0) is 67.8 Å². The number of ether oxygens (including phenoxy) is 1. The van der Waals surface area contributed by atoms with Crippen LogP contribution in [0.1, 0.15) is 30.9 Å². The molecule has 0 heterocycles. The second-order valence-corrected chi connectivity index (χ2v) is 8.54. The number of anilines is 1. The van der Waals surface area contributed by atoms with E-state index in [2.05, 4.69) is 32.3 Å². The zero-order chi connectivity index (χ0) is 26.8. The van der Waals surface area contributed by atoms with E-state index in [1.165, 1.54) is 13.2 Å². The summed E-state index contributed by atoms with van der Waals surface area (Å²) in [6.07, 6.45) is 2.14. The molecule has 0 aliphatic carbocycles. The summed E-state index contributed by atoms with van der Waals surface area (Å²) in [6.45, 7) is 7.33. The number of methoxy groups -OCH3 is 1. The maximum Gasteiger partial charge on any atom is 0.296 e. The van der Waals surface area contributed by atoms with Gasteiger partial charge in [0.15, 0.2) is 5.69 Å². The van der Waals surface area contributed by atoms with Crippen molar-refractivity contribution >= 4 is 34.1 Å². The highest BCUT2D eigenvalue weighted by Gasteiger charge is 2.14. The van der Waals surface area contributed by atoms with E-state index in [9.17, 15) is 15.2 Å². The van der Waals surface area contributed by atoms with Crippen LogP contribution in [-0.4, -0.2) is 36.8 Å². The largest absolute Gasteiger partial charge is 0.494 e. The molecule has 3 rings (SSSR count). The number of rotatable bonds is 12. The van der Waals surface area contributed by atoms with Crippen molar-refractivity contribution < 1.29 is 14.8 Å². The predicted octanol–water partition coefficient (Wildman–Crippen LogP) is 7.65. The molecule has 0 atom stereocenters. The first-order valence-corrected chi connectivity index (χ1v) is 12.1. The third kappa shape index (κ3) is 7.40. The van der Waals surface area contributed by atoms with E-state index < -0.39 is 4.92 Å². The summed E-state index contributed by atoms with van der Waals surface area (Å²) in [5, 5.41) is 37.8. The molecule has 0 aromatic heterocycles. The molecule has 10 nitrogen and oxygen atoms in total. The van der Waals surface area contributed by atoms with E-state index in [0.717, 1.165) is 36.2 Å². The molecule has 0 saturated carbocycles. The number of unbranched alkanes of at least 4 members (excludes halogenated alkanes) is 1. The first kappa shape index (κ1) is 27.4. The van der Waals surface area contributed by atoms with Gasteiger partial charge in [-0.3, -0.25) is 10.1 Å². The molecule has 0 bridgehead atoms. The van der Waals surface area contributed by atoms with E-state index in [1.54, 1.807) is 31.2 Å². The maximum absolute atomic E-state index is 11.4. The molecule has 0 amide bonds. The van der Waals surface area contributed by atoms with Gasteiger partial charge < -0.3 is 14.7 Å². The van der Waals surface area contributed by atoms with Crippen LogP contribution in [0.15, 0.2) is 75.1 Å². The molecular weight excluding hydrogens is 472 g/mol. The van der Waals surface area contributed by atoms with E-state index in [4.69, 9.17) is 4.74 Å². The van der Waals surface area contributed by atoms with Crippen LogP contribution in [0.2, 0.25) is 0 Å². The van der Waals surface area contributed by atoms with Crippen LogP contribution in [-0.2, 0) is 0 Å². The van der Waals surface area contributed by atoms with Crippen molar-refractivity contribution in [2.45, 2.75) is 33.6 Å². The lowest BCUT2D eigenvalue weighted by Gasteiger charge is -2.23. The van der Waals surface area contributed by atoms with Crippen LogP contribution in [0.25, 0.3) is 0 Å². The second kappa shape index (κ2) is 13.2. The highest BCUT2D eigenvalue weighted by atomic mass is 16.6. The molecule has 3 aromatic rings. The van der Waals surface area contributed by atoms with Gasteiger partial charge in [0.05, 0.1) is 30.0 Å².